The van der Waals surface area contributed by atoms with Gasteiger partial charge in [0.05, 0.1) is 28.6 Å². The first-order valence-corrected chi connectivity index (χ1v) is 9.74. The number of rotatable bonds is 3. The smallest absolute Gasteiger partial charge is 0.223 e. The lowest BCUT2D eigenvalue weighted by Crippen LogP contribution is -2.45. The van der Waals surface area contributed by atoms with Gasteiger partial charge >= 0.3 is 0 Å². The summed E-state index contributed by atoms with van der Waals surface area (Å²) in [6.45, 7) is 1.06. The molecule has 0 aliphatic carbocycles. The van der Waals surface area contributed by atoms with Gasteiger partial charge in [0, 0.05) is 19.4 Å². The van der Waals surface area contributed by atoms with Gasteiger partial charge in [0.2, 0.25) is 5.91 Å². The predicted octanol–water partition coefficient (Wildman–Crippen LogP) is 4.56. The van der Waals surface area contributed by atoms with Crippen molar-refractivity contribution in [3.63, 3.8) is 0 Å². The Morgan fingerprint density at radius 2 is 1.96 bits per heavy atom. The fourth-order valence-corrected chi connectivity index (χ4v) is 4.15. The molecule has 0 N–H and O–H groups in total. The van der Waals surface area contributed by atoms with Gasteiger partial charge in [-0.3, -0.25) is 9.59 Å². The van der Waals surface area contributed by atoms with Crippen molar-refractivity contribution in [2.24, 2.45) is 0 Å². The average Bonchev–Trinajstić information content (AvgIpc) is 3.05. The van der Waals surface area contributed by atoms with Crippen molar-refractivity contribution in [3.05, 3.63) is 63.6 Å². The Bertz CT molecular complexity index is 914. The normalized spacial score (nSPS) is 21.3. The molecule has 27 heavy (non-hydrogen) atoms. The first kappa shape index (κ1) is 18.3. The van der Waals surface area contributed by atoms with Crippen molar-refractivity contribution >= 4 is 34.9 Å². The second kappa shape index (κ2) is 7.17. The summed E-state index contributed by atoms with van der Waals surface area (Å²) in [5, 5.41) is 1.00. The quantitative estimate of drug-likeness (QED) is 0.754. The van der Waals surface area contributed by atoms with Gasteiger partial charge in [-0.2, -0.15) is 0 Å². The standard InChI is InChI=1S/C21H19Cl2NO3/c22-16-7-5-14(11-17(16)23)6-8-20(26)24-10-9-21(13-24)12-18(25)15-3-1-2-4-19(15)27-21/h1-5,7,11H,6,8-10,12-13H2. The molecule has 1 amide bonds. The maximum atomic E-state index is 12.6. The zero-order valence-corrected chi connectivity index (χ0v) is 16.2. The van der Waals surface area contributed by atoms with Crippen molar-refractivity contribution < 1.29 is 14.3 Å². The van der Waals surface area contributed by atoms with Crippen LogP contribution in [0, 0.1) is 0 Å². The number of ketones is 1. The van der Waals surface area contributed by atoms with E-state index in [1.165, 1.54) is 0 Å². The Balaban J connectivity index is 1.40. The molecule has 2 heterocycles. The third kappa shape index (κ3) is 3.69. The van der Waals surface area contributed by atoms with E-state index in [0.717, 1.165) is 5.56 Å². The number of aryl methyl sites for hydroxylation is 1. The van der Waals surface area contributed by atoms with E-state index in [-0.39, 0.29) is 11.7 Å². The van der Waals surface area contributed by atoms with Crippen LogP contribution in [-0.4, -0.2) is 35.3 Å². The number of ether oxygens (including phenoxy) is 1. The van der Waals surface area contributed by atoms with Crippen LogP contribution in [0.3, 0.4) is 0 Å². The largest absolute Gasteiger partial charge is 0.484 e. The van der Waals surface area contributed by atoms with Gasteiger partial charge in [-0.15, -0.1) is 0 Å². The van der Waals surface area contributed by atoms with Crippen molar-refractivity contribution in [2.75, 3.05) is 13.1 Å². The molecule has 0 aromatic heterocycles. The lowest BCUT2D eigenvalue weighted by Gasteiger charge is -2.34. The molecular weight excluding hydrogens is 385 g/mol. The summed E-state index contributed by atoms with van der Waals surface area (Å²) in [4.78, 5) is 26.9. The van der Waals surface area contributed by atoms with Crippen LogP contribution in [0.15, 0.2) is 42.5 Å². The van der Waals surface area contributed by atoms with E-state index in [1.807, 2.05) is 24.3 Å². The molecule has 1 unspecified atom stereocenters. The molecule has 1 saturated heterocycles. The van der Waals surface area contributed by atoms with E-state index < -0.39 is 5.60 Å². The summed E-state index contributed by atoms with van der Waals surface area (Å²) in [5.74, 6) is 0.772. The van der Waals surface area contributed by atoms with Gasteiger partial charge in [0.15, 0.2) is 5.78 Å². The molecule has 2 aromatic rings. The third-order valence-electron chi connectivity index (χ3n) is 5.28. The lowest BCUT2D eigenvalue weighted by atomic mass is 9.89. The van der Waals surface area contributed by atoms with Gasteiger partial charge in [0.25, 0.3) is 0 Å². The summed E-state index contributed by atoms with van der Waals surface area (Å²) >= 11 is 12.0. The van der Waals surface area contributed by atoms with Crippen LogP contribution >= 0.6 is 23.2 Å². The third-order valence-corrected chi connectivity index (χ3v) is 6.02. The van der Waals surface area contributed by atoms with Gasteiger partial charge in [-0.05, 0) is 36.2 Å². The molecule has 4 rings (SSSR count). The number of carbonyl (C=O) groups is 2. The summed E-state index contributed by atoms with van der Waals surface area (Å²) in [6.07, 6.45) is 1.98. The summed E-state index contributed by atoms with van der Waals surface area (Å²) in [7, 11) is 0. The van der Waals surface area contributed by atoms with E-state index in [4.69, 9.17) is 27.9 Å². The summed E-state index contributed by atoms with van der Waals surface area (Å²) < 4.78 is 6.18. The molecule has 2 aliphatic rings. The molecule has 0 bridgehead atoms. The number of fused-ring (bicyclic) bond motifs is 1. The molecule has 4 nitrogen and oxygen atoms in total. The zero-order valence-electron chi connectivity index (χ0n) is 14.7. The Hall–Kier alpha value is -2.04. The number of benzene rings is 2. The highest BCUT2D eigenvalue weighted by molar-refractivity contribution is 6.42. The molecule has 2 aliphatic heterocycles. The van der Waals surface area contributed by atoms with Gasteiger partial charge in [-0.1, -0.05) is 41.4 Å². The molecule has 6 heteroatoms. The Labute approximate surface area is 168 Å². The Morgan fingerprint density at radius 3 is 2.78 bits per heavy atom. The fraction of sp³-hybridized carbons (Fsp3) is 0.333. The number of halogens is 2. The summed E-state index contributed by atoms with van der Waals surface area (Å²) in [5.41, 5.74) is 1.02. The minimum Gasteiger partial charge on any atom is -0.484 e. The molecule has 1 spiro atoms. The molecule has 1 fully saturated rings. The number of nitrogens with zero attached hydrogens (tertiary/aromatic N) is 1. The van der Waals surface area contributed by atoms with Crippen molar-refractivity contribution in [2.45, 2.75) is 31.3 Å². The maximum Gasteiger partial charge on any atom is 0.223 e. The molecule has 140 valence electrons. The predicted molar refractivity (Wildman–Crippen MR) is 105 cm³/mol. The van der Waals surface area contributed by atoms with Crippen LogP contribution < -0.4 is 4.74 Å². The molecule has 0 radical (unpaired) electrons. The fourth-order valence-electron chi connectivity index (χ4n) is 3.83. The first-order valence-electron chi connectivity index (χ1n) is 8.99. The first-order chi connectivity index (χ1) is 13.0. The van der Waals surface area contributed by atoms with E-state index in [0.29, 0.717) is 60.1 Å². The molecule has 1 atom stereocenters. The van der Waals surface area contributed by atoms with Crippen molar-refractivity contribution in [1.29, 1.82) is 0 Å². The SMILES string of the molecule is O=C1CC2(CCN(C(=O)CCc3ccc(Cl)c(Cl)c3)C2)Oc2ccccc21. The number of para-hydroxylation sites is 1. The van der Waals surface area contributed by atoms with E-state index in [2.05, 4.69) is 0 Å². The number of Topliss-reactive ketones (excluding diaryl/α,β-unsaturated/α-hetero) is 1. The van der Waals surface area contributed by atoms with Crippen LogP contribution in [0.25, 0.3) is 0 Å². The van der Waals surface area contributed by atoms with Crippen LogP contribution in [-0.2, 0) is 11.2 Å². The highest BCUT2D eigenvalue weighted by atomic mass is 35.5. The molecular formula is C21H19Cl2NO3. The van der Waals surface area contributed by atoms with Crippen molar-refractivity contribution in [1.82, 2.24) is 4.90 Å². The highest BCUT2D eigenvalue weighted by Gasteiger charge is 2.46. The van der Waals surface area contributed by atoms with E-state index in [1.54, 1.807) is 23.1 Å². The Kier molecular flexibility index (Phi) is 4.87. The molecule has 2 aromatic carbocycles. The average molecular weight is 404 g/mol. The minimum absolute atomic E-state index is 0.0628. The van der Waals surface area contributed by atoms with Gasteiger partial charge in [0.1, 0.15) is 11.4 Å². The Morgan fingerprint density at radius 1 is 1.15 bits per heavy atom. The van der Waals surface area contributed by atoms with Gasteiger partial charge in [-0.25, -0.2) is 0 Å². The van der Waals surface area contributed by atoms with Gasteiger partial charge < -0.3 is 9.64 Å². The number of amides is 1. The van der Waals surface area contributed by atoms with Crippen LogP contribution in [0.4, 0.5) is 0 Å². The zero-order chi connectivity index (χ0) is 19.0. The maximum absolute atomic E-state index is 12.6. The minimum atomic E-state index is -0.593. The number of likely N-dealkylation sites (tertiary alicyclic amines) is 1. The van der Waals surface area contributed by atoms with E-state index >= 15 is 0 Å². The lowest BCUT2D eigenvalue weighted by molar-refractivity contribution is -0.130. The highest BCUT2D eigenvalue weighted by Crippen LogP contribution is 2.38. The van der Waals surface area contributed by atoms with Crippen LogP contribution in [0.1, 0.15) is 35.2 Å². The second-order valence-electron chi connectivity index (χ2n) is 7.19. The van der Waals surface area contributed by atoms with Crippen LogP contribution in [0.5, 0.6) is 5.75 Å². The summed E-state index contributed by atoms with van der Waals surface area (Å²) in [6, 6.07) is 12.7. The number of carbonyl (C=O) groups excluding carboxylic acids is 2. The van der Waals surface area contributed by atoms with Crippen molar-refractivity contribution in [3.8, 4) is 5.75 Å². The number of hydrogen-bond donors (Lipinski definition) is 0. The number of hydrogen-bond acceptors (Lipinski definition) is 3. The molecule has 0 saturated carbocycles. The second-order valence-corrected chi connectivity index (χ2v) is 8.01. The van der Waals surface area contributed by atoms with Crippen LogP contribution in [0.2, 0.25) is 10.0 Å². The van der Waals surface area contributed by atoms with E-state index in [9.17, 15) is 9.59 Å². The topological polar surface area (TPSA) is 46.6 Å². The monoisotopic (exact) mass is 403 g/mol.